The van der Waals surface area contributed by atoms with Gasteiger partial charge in [-0.1, -0.05) is 0 Å². The molecule has 2 fully saturated rings. The Balaban J connectivity index is 1.80. The Morgan fingerprint density at radius 2 is 1.83 bits per heavy atom. The van der Waals surface area contributed by atoms with Crippen LogP contribution < -0.4 is 5.32 Å². The Morgan fingerprint density at radius 3 is 2.40 bits per heavy atom. The Kier molecular flexibility index (Phi) is 6.37. The van der Waals surface area contributed by atoms with Crippen molar-refractivity contribution in [2.24, 2.45) is 0 Å². The van der Waals surface area contributed by atoms with Crippen molar-refractivity contribution in [2.45, 2.75) is 30.6 Å². The number of aromatic nitrogens is 2. The summed E-state index contributed by atoms with van der Waals surface area (Å²) in [5, 5.41) is 6.50. The van der Waals surface area contributed by atoms with Gasteiger partial charge in [0, 0.05) is 37.7 Å². The summed E-state index contributed by atoms with van der Waals surface area (Å²) in [4.78, 5) is 25.2. The average Bonchev–Trinajstić information content (AvgIpc) is 3.07. The van der Waals surface area contributed by atoms with Crippen LogP contribution in [0.4, 0.5) is 35.1 Å². The second-order valence-corrected chi connectivity index (χ2v) is 7.91. The van der Waals surface area contributed by atoms with Gasteiger partial charge in [0.05, 0.1) is 29.7 Å². The quantitative estimate of drug-likeness (QED) is 0.497. The molecule has 1 unspecified atom stereocenters. The Morgan fingerprint density at radius 1 is 1.14 bits per heavy atom. The van der Waals surface area contributed by atoms with Gasteiger partial charge in [-0.2, -0.15) is 31.4 Å². The number of hydrogen-bond donors (Lipinski definition) is 1. The van der Waals surface area contributed by atoms with Gasteiger partial charge >= 0.3 is 18.3 Å². The molecule has 2 saturated heterocycles. The number of amides is 1. The summed E-state index contributed by atoms with van der Waals surface area (Å²) >= 11 is 0. The van der Waals surface area contributed by atoms with Gasteiger partial charge in [-0.05, 0) is 0 Å². The molecule has 0 radical (unpaired) electrons. The molecule has 35 heavy (non-hydrogen) atoms. The topological polar surface area (TPSA) is 85.7 Å². The number of morpholine rings is 1. The number of fused-ring (bicyclic) bond motifs is 1. The van der Waals surface area contributed by atoms with E-state index in [1.807, 2.05) is 0 Å². The fourth-order valence-corrected chi connectivity index (χ4v) is 3.74. The van der Waals surface area contributed by atoms with Crippen LogP contribution in [0.25, 0.3) is 10.9 Å². The minimum Gasteiger partial charge on any atom is -0.423 e. The van der Waals surface area contributed by atoms with Crippen LogP contribution in [0.5, 0.6) is 0 Å². The third kappa shape index (κ3) is 4.89. The van der Waals surface area contributed by atoms with Gasteiger partial charge in [0.1, 0.15) is 11.6 Å². The summed E-state index contributed by atoms with van der Waals surface area (Å²) in [6.45, 7) is -1.64. The lowest BCUT2D eigenvalue weighted by atomic mass is 9.96. The molecule has 8 nitrogen and oxygen atoms in total. The Hall–Kier alpha value is -3.01. The molecular weight excluding hydrogens is 500 g/mol. The van der Waals surface area contributed by atoms with Crippen molar-refractivity contribution in [2.75, 3.05) is 32.8 Å². The SMILES string of the molecule is O=C(C(OC(=O)C(F)(F)F)n1nc(C2CNC2)c2c(F)cc(F)cc21)N1CCO[C@@H](C(F)(F)F)C1. The lowest BCUT2D eigenvalue weighted by Gasteiger charge is -2.35. The minimum absolute atomic E-state index is 0.0488. The van der Waals surface area contributed by atoms with Crippen LogP contribution in [0, 0.1) is 11.6 Å². The molecule has 3 heterocycles. The zero-order valence-electron chi connectivity index (χ0n) is 17.4. The summed E-state index contributed by atoms with van der Waals surface area (Å²) in [5.41, 5.74) is -0.564. The summed E-state index contributed by atoms with van der Waals surface area (Å²) in [5.74, 6) is -7.13. The molecule has 1 aromatic heterocycles. The van der Waals surface area contributed by atoms with Crippen molar-refractivity contribution >= 4 is 22.8 Å². The first kappa shape index (κ1) is 25.1. The number of esters is 1. The van der Waals surface area contributed by atoms with E-state index < -0.39 is 79.3 Å². The van der Waals surface area contributed by atoms with Crippen molar-refractivity contribution in [1.29, 1.82) is 0 Å². The second-order valence-electron chi connectivity index (χ2n) is 7.91. The fourth-order valence-electron chi connectivity index (χ4n) is 3.74. The third-order valence-electron chi connectivity index (χ3n) is 5.55. The third-order valence-corrected chi connectivity index (χ3v) is 5.55. The number of benzene rings is 1. The highest BCUT2D eigenvalue weighted by atomic mass is 19.4. The van der Waals surface area contributed by atoms with Gasteiger partial charge in [-0.3, -0.25) is 4.79 Å². The number of ether oxygens (including phenoxy) is 2. The van der Waals surface area contributed by atoms with Crippen LogP contribution in [0.1, 0.15) is 17.8 Å². The molecule has 4 rings (SSSR count). The molecule has 1 N–H and O–H groups in total. The first-order valence-corrected chi connectivity index (χ1v) is 10.1. The van der Waals surface area contributed by atoms with Crippen LogP contribution in [-0.4, -0.2) is 77.8 Å². The Labute approximate surface area is 190 Å². The van der Waals surface area contributed by atoms with Crippen molar-refractivity contribution in [3.8, 4) is 0 Å². The molecule has 1 amide bonds. The molecule has 2 aromatic rings. The normalized spacial score (nSPS) is 20.6. The highest BCUT2D eigenvalue weighted by molar-refractivity contribution is 5.88. The molecule has 2 aliphatic rings. The Bertz CT molecular complexity index is 1140. The van der Waals surface area contributed by atoms with E-state index in [0.717, 1.165) is 0 Å². The van der Waals surface area contributed by atoms with E-state index in [1.54, 1.807) is 0 Å². The van der Waals surface area contributed by atoms with Crippen LogP contribution in [-0.2, 0) is 19.1 Å². The molecule has 16 heteroatoms. The average molecular weight is 516 g/mol. The number of alkyl halides is 6. The molecule has 0 aliphatic carbocycles. The number of hydrogen-bond acceptors (Lipinski definition) is 6. The molecule has 2 aliphatic heterocycles. The van der Waals surface area contributed by atoms with Gasteiger partial charge in [-0.25, -0.2) is 18.3 Å². The number of rotatable bonds is 4. The van der Waals surface area contributed by atoms with E-state index in [0.29, 0.717) is 21.7 Å². The predicted molar refractivity (Wildman–Crippen MR) is 98.8 cm³/mol. The monoisotopic (exact) mass is 516 g/mol. The molecular formula is C19H16F8N4O4. The first-order valence-electron chi connectivity index (χ1n) is 10.1. The van der Waals surface area contributed by atoms with Crippen molar-refractivity contribution < 1.29 is 54.2 Å². The number of nitrogens with one attached hydrogen (secondary N) is 1. The summed E-state index contributed by atoms with van der Waals surface area (Å²) in [7, 11) is 0. The van der Waals surface area contributed by atoms with E-state index in [1.165, 1.54) is 0 Å². The van der Waals surface area contributed by atoms with E-state index in [2.05, 4.69) is 19.9 Å². The molecule has 1 aromatic carbocycles. The van der Waals surface area contributed by atoms with Gasteiger partial charge in [0.2, 0.25) is 0 Å². The lowest BCUT2D eigenvalue weighted by molar-refractivity contribution is -0.239. The molecule has 0 spiro atoms. The zero-order valence-corrected chi connectivity index (χ0v) is 17.4. The van der Waals surface area contributed by atoms with Crippen molar-refractivity contribution in [3.05, 3.63) is 29.5 Å². The predicted octanol–water partition coefficient (Wildman–Crippen LogP) is 2.40. The maximum absolute atomic E-state index is 14.7. The first-order chi connectivity index (χ1) is 16.3. The summed E-state index contributed by atoms with van der Waals surface area (Å²) < 4.78 is 116. The summed E-state index contributed by atoms with van der Waals surface area (Å²) in [6.07, 6.45) is -15.5. The number of nitrogens with zero attached hydrogens (tertiary/aromatic N) is 3. The maximum atomic E-state index is 14.7. The van der Waals surface area contributed by atoms with Crippen molar-refractivity contribution in [1.82, 2.24) is 20.0 Å². The van der Waals surface area contributed by atoms with Crippen LogP contribution >= 0.6 is 0 Å². The van der Waals surface area contributed by atoms with E-state index in [-0.39, 0.29) is 24.2 Å². The number of carbonyl (C=O) groups excluding carboxylic acids is 2. The highest BCUT2D eigenvalue weighted by Crippen LogP contribution is 2.34. The van der Waals surface area contributed by atoms with Crippen LogP contribution in [0.3, 0.4) is 0 Å². The van der Waals surface area contributed by atoms with Gasteiger partial charge < -0.3 is 19.7 Å². The number of halogens is 8. The van der Waals surface area contributed by atoms with Crippen molar-refractivity contribution in [3.63, 3.8) is 0 Å². The standard InChI is InChI=1S/C19H16F8N4O4/c20-9-3-10(21)13-11(4-9)31(29-14(13)8-5-28-6-8)16(35-17(33)19(25,26)27)15(32)30-1-2-34-12(7-30)18(22,23)24/h3-4,8,12,16,28H,1-2,5-7H2/t12-,16?/m1/s1. The van der Waals surface area contributed by atoms with Gasteiger partial charge in [0.25, 0.3) is 12.1 Å². The molecule has 2 atom stereocenters. The smallest absolute Gasteiger partial charge is 0.423 e. The molecule has 0 saturated carbocycles. The zero-order chi connectivity index (χ0) is 25.7. The number of carbonyl (C=O) groups is 2. The van der Waals surface area contributed by atoms with E-state index in [9.17, 15) is 44.7 Å². The lowest BCUT2D eigenvalue weighted by Crippen LogP contribution is -2.53. The highest BCUT2D eigenvalue weighted by Gasteiger charge is 2.48. The fraction of sp³-hybridized carbons (Fsp3) is 0.526. The summed E-state index contributed by atoms with van der Waals surface area (Å²) in [6, 6.07) is 1.17. The maximum Gasteiger partial charge on any atom is 0.491 e. The minimum atomic E-state index is -5.59. The van der Waals surface area contributed by atoms with Crippen LogP contribution in [0.2, 0.25) is 0 Å². The van der Waals surface area contributed by atoms with E-state index in [4.69, 9.17) is 0 Å². The van der Waals surface area contributed by atoms with Gasteiger partial charge in [0.15, 0.2) is 6.10 Å². The second kappa shape index (κ2) is 8.89. The molecule has 0 bridgehead atoms. The van der Waals surface area contributed by atoms with Gasteiger partial charge in [-0.15, -0.1) is 0 Å². The van der Waals surface area contributed by atoms with E-state index >= 15 is 0 Å². The van der Waals surface area contributed by atoms with Crippen LogP contribution in [0.15, 0.2) is 12.1 Å². The largest absolute Gasteiger partial charge is 0.491 e. The molecule has 192 valence electrons.